The molecule has 68 heavy (non-hydrogen) atoms. The lowest BCUT2D eigenvalue weighted by Crippen LogP contribution is -2.68. The molecule has 0 spiro atoms. The summed E-state index contributed by atoms with van der Waals surface area (Å²) in [5.74, 6) is -1.82. The average Bonchev–Trinajstić information content (AvgIpc) is 3.27. The zero-order valence-corrected chi connectivity index (χ0v) is 40.7. The quantitative estimate of drug-likeness (QED) is 0.0846. The summed E-state index contributed by atoms with van der Waals surface area (Å²) in [4.78, 5) is 27.3. The molecule has 19 heteroatoms. The predicted molar refractivity (Wildman–Crippen MR) is 235 cm³/mol. The molecule has 8 aliphatic rings. The van der Waals surface area contributed by atoms with Gasteiger partial charge in [-0.1, -0.05) is 53.2 Å². The first-order valence-corrected chi connectivity index (χ1v) is 24.8. The lowest BCUT2D eigenvalue weighted by molar-refractivity contribution is -0.357. The van der Waals surface area contributed by atoms with Crippen LogP contribution in [-0.4, -0.2) is 181 Å². The van der Waals surface area contributed by atoms with Crippen LogP contribution in [-0.2, 0) is 42.7 Å². The summed E-state index contributed by atoms with van der Waals surface area (Å²) in [6.45, 7) is 14.8. The molecule has 24 atom stereocenters. The second kappa shape index (κ2) is 18.5. The molecule has 10 N–H and O–H groups in total. The van der Waals surface area contributed by atoms with E-state index in [1.807, 2.05) is 13.8 Å². The van der Waals surface area contributed by atoms with Crippen LogP contribution in [0.2, 0.25) is 0 Å². The summed E-state index contributed by atoms with van der Waals surface area (Å²) in [7, 11) is 0. The molecule has 19 nitrogen and oxygen atoms in total. The van der Waals surface area contributed by atoms with Crippen LogP contribution in [0.15, 0.2) is 11.6 Å². The Balaban J connectivity index is 1.04. The molecule has 0 radical (unpaired) electrons. The Morgan fingerprint density at radius 2 is 1.31 bits per heavy atom. The van der Waals surface area contributed by atoms with Gasteiger partial charge in [0, 0.05) is 12.8 Å². The van der Waals surface area contributed by atoms with Crippen molar-refractivity contribution in [1.29, 1.82) is 0 Å². The monoisotopic (exact) mass is 971 g/mol. The first kappa shape index (κ1) is 52.4. The molecule has 0 aromatic carbocycles. The molecule has 7 fully saturated rings. The highest BCUT2D eigenvalue weighted by Crippen LogP contribution is 2.76. The number of esters is 2. The molecule has 0 aromatic heterocycles. The minimum absolute atomic E-state index is 0.141. The highest BCUT2D eigenvalue weighted by molar-refractivity contribution is 5.79. The third-order valence-electron chi connectivity index (χ3n) is 19.6. The molecule has 0 bridgehead atoms. The first-order chi connectivity index (χ1) is 31.7. The van der Waals surface area contributed by atoms with E-state index in [1.165, 1.54) is 6.92 Å². The van der Waals surface area contributed by atoms with Gasteiger partial charge in [0.15, 0.2) is 18.7 Å². The van der Waals surface area contributed by atoms with Crippen molar-refractivity contribution >= 4 is 11.9 Å². The molecule has 3 saturated heterocycles. The summed E-state index contributed by atoms with van der Waals surface area (Å²) in [5, 5.41) is 107. The van der Waals surface area contributed by atoms with Gasteiger partial charge in [-0.15, -0.1) is 0 Å². The third-order valence-corrected chi connectivity index (χ3v) is 19.6. The number of hydrogen-bond acceptors (Lipinski definition) is 19. The summed E-state index contributed by atoms with van der Waals surface area (Å²) >= 11 is 0. The second-order valence-corrected chi connectivity index (χ2v) is 23.3. The molecule has 0 amide bonds. The number of aliphatic hydroxyl groups excluding tert-OH is 9. The Bertz CT molecular complexity index is 1890. The van der Waals surface area contributed by atoms with Crippen LogP contribution in [0.5, 0.6) is 0 Å². The van der Waals surface area contributed by atoms with E-state index in [0.29, 0.717) is 38.5 Å². The van der Waals surface area contributed by atoms with Gasteiger partial charge in [0.2, 0.25) is 6.29 Å². The van der Waals surface area contributed by atoms with Gasteiger partial charge in [0.1, 0.15) is 61.0 Å². The van der Waals surface area contributed by atoms with Gasteiger partial charge < -0.3 is 84.2 Å². The summed E-state index contributed by atoms with van der Waals surface area (Å²) < 4.78 is 41.8. The van der Waals surface area contributed by atoms with Gasteiger partial charge in [-0.2, -0.15) is 0 Å². The normalized spacial score (nSPS) is 53.4. The number of allylic oxidation sites excluding steroid dienone is 1. The molecular formula is C49H78O19. The van der Waals surface area contributed by atoms with Crippen LogP contribution in [0.25, 0.3) is 0 Å². The summed E-state index contributed by atoms with van der Waals surface area (Å²) in [6.07, 6.45) is -13.7. The summed E-state index contributed by atoms with van der Waals surface area (Å²) in [6, 6.07) is 0. The molecular weight excluding hydrogens is 893 g/mol. The molecule has 0 unspecified atom stereocenters. The van der Waals surface area contributed by atoms with Gasteiger partial charge in [0.25, 0.3) is 0 Å². The summed E-state index contributed by atoms with van der Waals surface area (Å²) in [5.41, 5.74) is -2.83. The Labute approximate surface area is 398 Å². The van der Waals surface area contributed by atoms with E-state index in [2.05, 4.69) is 40.7 Å². The standard InChI is InChI=1S/C49H78O19/c1-22-11-16-49(43(60)68-41-36(59)34(57)32(55)27(20-51)65-41)18-17-46(6)24(39(49)48(22,8)61)9-10-29-45(5)14-13-30(44(3,4)28(45)12-15-47(29,46)7)66-42-38(63-23(2)52)37(25(53)21-62-42)67-40-35(58)33(56)31(54)26(19-50)64-40/h9,22,25-42,50-51,53-59,61H,10-21H2,1-8H3/t22-,25+,26-,27-,28+,29-,30+,31-,32-,33+,34+,35-,36-,37+,38-,39-,40+,41+,42+,45+,46-,47-,48-,49+/m1/s1. The molecule has 5 aliphatic carbocycles. The van der Waals surface area contributed by atoms with Crippen molar-refractivity contribution in [2.45, 2.75) is 211 Å². The Morgan fingerprint density at radius 1 is 0.691 bits per heavy atom. The molecule has 388 valence electrons. The van der Waals surface area contributed by atoms with Crippen molar-refractivity contribution in [3.05, 3.63) is 11.6 Å². The van der Waals surface area contributed by atoms with E-state index in [1.54, 1.807) is 0 Å². The maximum atomic E-state index is 14.8. The van der Waals surface area contributed by atoms with E-state index in [9.17, 15) is 60.7 Å². The number of ether oxygens (including phenoxy) is 7. The second-order valence-electron chi connectivity index (χ2n) is 23.3. The third kappa shape index (κ3) is 8.04. The van der Waals surface area contributed by atoms with Crippen molar-refractivity contribution in [2.75, 3.05) is 19.8 Å². The first-order valence-electron chi connectivity index (χ1n) is 24.8. The van der Waals surface area contributed by atoms with Gasteiger partial charge in [-0.25, -0.2) is 0 Å². The van der Waals surface area contributed by atoms with Crippen LogP contribution in [0, 0.1) is 50.7 Å². The predicted octanol–water partition coefficient (Wildman–Crippen LogP) is 0.321. The topological polar surface area (TPSA) is 301 Å². The van der Waals surface area contributed by atoms with E-state index in [4.69, 9.17) is 33.2 Å². The van der Waals surface area contributed by atoms with Crippen molar-refractivity contribution in [1.82, 2.24) is 0 Å². The van der Waals surface area contributed by atoms with Crippen LogP contribution >= 0.6 is 0 Å². The Hall–Kier alpha value is -1.92. The minimum Gasteiger partial charge on any atom is -0.454 e. The van der Waals surface area contributed by atoms with Crippen LogP contribution in [0.3, 0.4) is 0 Å². The molecule has 0 aromatic rings. The Morgan fingerprint density at radius 3 is 1.93 bits per heavy atom. The minimum atomic E-state index is -1.77. The highest BCUT2D eigenvalue weighted by atomic mass is 16.7. The molecule has 3 heterocycles. The maximum absolute atomic E-state index is 14.8. The fraction of sp³-hybridized carbons (Fsp3) is 0.918. The van der Waals surface area contributed by atoms with Gasteiger partial charge in [0.05, 0.1) is 36.9 Å². The fourth-order valence-electron chi connectivity index (χ4n) is 15.3. The number of carbonyl (C=O) groups is 2. The smallest absolute Gasteiger partial charge is 0.315 e. The van der Waals surface area contributed by atoms with Gasteiger partial charge in [-0.05, 0) is 104 Å². The average molecular weight is 971 g/mol. The van der Waals surface area contributed by atoms with E-state index in [-0.39, 0.29) is 35.2 Å². The number of aliphatic hydroxyl groups is 10. The van der Waals surface area contributed by atoms with Crippen LogP contribution in [0.4, 0.5) is 0 Å². The molecule has 3 aliphatic heterocycles. The van der Waals surface area contributed by atoms with E-state index < -0.39 is 145 Å². The largest absolute Gasteiger partial charge is 0.454 e. The number of rotatable bonds is 9. The van der Waals surface area contributed by atoms with Crippen molar-refractivity contribution in [3.63, 3.8) is 0 Å². The van der Waals surface area contributed by atoms with Crippen LogP contribution < -0.4 is 0 Å². The number of hydrogen-bond donors (Lipinski definition) is 10. The van der Waals surface area contributed by atoms with Crippen LogP contribution in [0.1, 0.15) is 113 Å². The van der Waals surface area contributed by atoms with E-state index >= 15 is 0 Å². The maximum Gasteiger partial charge on any atom is 0.315 e. The van der Waals surface area contributed by atoms with Gasteiger partial charge >= 0.3 is 11.9 Å². The fourth-order valence-corrected chi connectivity index (χ4v) is 15.3. The van der Waals surface area contributed by atoms with E-state index in [0.717, 1.165) is 24.8 Å². The SMILES string of the molecule is CC(=O)O[C@H]1[C@H](O[C@H]2CC[C@]3(C)[C@H]4CC=C5[C@H]6[C@](C(=O)O[C@@H]7O[C@H](CO)[C@@H](O)[C@H](O)[C@H]7O)(CC[C@@H](C)[C@@]6(C)O)CC[C@@]5(C)[C@]4(C)CC[C@H]3C2(C)C)OC[C@H](O)[C@@H]1O[C@@H]1O[C@H](CO)[C@@H](O)[C@H](O)[C@H]1O. The molecule has 8 rings (SSSR count). The zero-order chi connectivity index (χ0) is 49.8. The molecule has 4 saturated carbocycles. The zero-order valence-electron chi connectivity index (χ0n) is 40.7. The van der Waals surface area contributed by atoms with Gasteiger partial charge in [-0.3, -0.25) is 9.59 Å². The Kier molecular flexibility index (Phi) is 14.3. The number of fused-ring (bicyclic) bond motifs is 7. The van der Waals surface area contributed by atoms with Crippen molar-refractivity contribution in [2.24, 2.45) is 50.7 Å². The van der Waals surface area contributed by atoms with Crippen molar-refractivity contribution < 1.29 is 93.8 Å². The number of carbonyl (C=O) groups excluding carboxylic acids is 2. The van der Waals surface area contributed by atoms with Crippen molar-refractivity contribution in [3.8, 4) is 0 Å². The highest BCUT2D eigenvalue weighted by Gasteiger charge is 2.72. The lowest BCUT2D eigenvalue weighted by atomic mass is 9.33. The lowest BCUT2D eigenvalue weighted by Gasteiger charge is -2.72.